The summed E-state index contributed by atoms with van der Waals surface area (Å²) in [6, 6.07) is 9.71. The fourth-order valence-electron chi connectivity index (χ4n) is 3.17. The van der Waals surface area contributed by atoms with Crippen LogP contribution in [-0.2, 0) is 6.54 Å². The van der Waals surface area contributed by atoms with Crippen molar-refractivity contribution in [2.24, 2.45) is 0 Å². The first-order valence-corrected chi connectivity index (χ1v) is 8.46. The predicted molar refractivity (Wildman–Crippen MR) is 91.6 cm³/mol. The molecule has 24 heavy (non-hydrogen) atoms. The van der Waals surface area contributed by atoms with E-state index in [4.69, 9.17) is 11.6 Å². The summed E-state index contributed by atoms with van der Waals surface area (Å²) in [5, 5.41) is 11.0. The van der Waals surface area contributed by atoms with Crippen molar-refractivity contribution in [2.45, 2.75) is 37.8 Å². The number of carbonyl (C=O) groups excluding carboxylic acids is 1. The van der Waals surface area contributed by atoms with Crippen LogP contribution in [0.5, 0.6) is 0 Å². The number of hydrogen-bond acceptors (Lipinski definition) is 4. The lowest BCUT2D eigenvalue weighted by atomic mass is 10.0. The average molecular weight is 346 g/mol. The van der Waals surface area contributed by atoms with Crippen molar-refractivity contribution >= 4 is 17.5 Å². The van der Waals surface area contributed by atoms with Crippen molar-refractivity contribution in [3.05, 3.63) is 59.1 Å². The van der Waals surface area contributed by atoms with Crippen molar-refractivity contribution in [1.29, 1.82) is 0 Å². The van der Waals surface area contributed by atoms with Gasteiger partial charge in [0.25, 0.3) is 5.91 Å². The maximum Gasteiger partial charge on any atom is 0.274 e. The maximum atomic E-state index is 12.9. The molecule has 1 fully saturated rings. The quantitative estimate of drug-likeness (QED) is 0.904. The van der Waals surface area contributed by atoms with Gasteiger partial charge in [0, 0.05) is 12.7 Å². The number of carbonyl (C=O) groups is 1. The standard InChI is InChI=1S/C18H20ClN3O2/c19-15-10-20-13-21-16(15)17(23)22(11-14-6-2-1-3-7-14)12-18(24)8-4-5-9-18/h1-3,6-7,10,13,24H,4-5,8-9,11-12H2. The van der Waals surface area contributed by atoms with Crippen LogP contribution in [0, 0.1) is 0 Å². The van der Waals surface area contributed by atoms with Gasteiger partial charge >= 0.3 is 0 Å². The Morgan fingerprint density at radius 2 is 1.96 bits per heavy atom. The highest BCUT2D eigenvalue weighted by Gasteiger charge is 2.35. The Balaban J connectivity index is 1.86. The van der Waals surface area contributed by atoms with Gasteiger partial charge in [-0.2, -0.15) is 0 Å². The molecular weight excluding hydrogens is 326 g/mol. The molecule has 1 heterocycles. The number of amides is 1. The van der Waals surface area contributed by atoms with E-state index in [0.717, 1.165) is 18.4 Å². The Bertz CT molecular complexity index is 702. The zero-order chi connectivity index (χ0) is 17.0. The van der Waals surface area contributed by atoms with E-state index in [1.54, 1.807) is 4.90 Å². The summed E-state index contributed by atoms with van der Waals surface area (Å²) >= 11 is 6.08. The molecule has 6 heteroatoms. The van der Waals surface area contributed by atoms with Crippen molar-refractivity contribution in [1.82, 2.24) is 14.9 Å². The van der Waals surface area contributed by atoms with Crippen molar-refractivity contribution in [3.8, 4) is 0 Å². The number of hydrogen-bond donors (Lipinski definition) is 1. The van der Waals surface area contributed by atoms with E-state index < -0.39 is 5.60 Å². The summed E-state index contributed by atoms with van der Waals surface area (Å²) in [5.41, 5.74) is 0.339. The number of nitrogens with zero attached hydrogens (tertiary/aromatic N) is 3. The van der Waals surface area contributed by atoms with Gasteiger partial charge < -0.3 is 10.0 Å². The van der Waals surface area contributed by atoms with Gasteiger partial charge in [-0.1, -0.05) is 54.8 Å². The number of halogens is 1. The van der Waals surface area contributed by atoms with E-state index in [-0.39, 0.29) is 23.2 Å². The Morgan fingerprint density at radius 1 is 1.25 bits per heavy atom. The van der Waals surface area contributed by atoms with Crippen molar-refractivity contribution in [3.63, 3.8) is 0 Å². The molecule has 0 spiro atoms. The number of benzene rings is 1. The molecular formula is C18H20ClN3O2. The molecule has 1 amide bonds. The van der Waals surface area contributed by atoms with Crippen LogP contribution in [-0.4, -0.2) is 38.0 Å². The van der Waals surface area contributed by atoms with Gasteiger partial charge in [0.2, 0.25) is 0 Å². The predicted octanol–water partition coefficient (Wildman–Crippen LogP) is 3.08. The fourth-order valence-corrected chi connectivity index (χ4v) is 3.36. The third-order valence-corrected chi connectivity index (χ3v) is 4.67. The lowest BCUT2D eigenvalue weighted by molar-refractivity contribution is 0.00764. The third kappa shape index (κ3) is 3.91. The van der Waals surface area contributed by atoms with E-state index in [2.05, 4.69) is 9.97 Å². The zero-order valence-electron chi connectivity index (χ0n) is 13.4. The first-order chi connectivity index (χ1) is 11.6. The smallest absolute Gasteiger partial charge is 0.274 e. The third-order valence-electron chi connectivity index (χ3n) is 4.39. The minimum atomic E-state index is -0.829. The summed E-state index contributed by atoms with van der Waals surface area (Å²) in [4.78, 5) is 22.4. The van der Waals surface area contributed by atoms with Crippen molar-refractivity contribution in [2.75, 3.05) is 6.54 Å². The largest absolute Gasteiger partial charge is 0.388 e. The number of rotatable bonds is 5. The van der Waals surface area contributed by atoms with Crippen LogP contribution in [0.1, 0.15) is 41.7 Å². The summed E-state index contributed by atoms with van der Waals surface area (Å²) in [7, 11) is 0. The second kappa shape index (κ2) is 7.28. The number of aromatic nitrogens is 2. The second-order valence-corrected chi connectivity index (χ2v) is 6.70. The number of aliphatic hydroxyl groups is 1. The van der Waals surface area contributed by atoms with Crippen LogP contribution in [0.2, 0.25) is 5.02 Å². The van der Waals surface area contributed by atoms with Crippen LogP contribution in [0.4, 0.5) is 0 Å². The van der Waals surface area contributed by atoms with Gasteiger partial charge in [-0.15, -0.1) is 0 Å². The van der Waals surface area contributed by atoms with Crippen LogP contribution >= 0.6 is 11.6 Å². The molecule has 0 bridgehead atoms. The van der Waals surface area contributed by atoms with Gasteiger partial charge in [0.05, 0.1) is 17.2 Å². The maximum absolute atomic E-state index is 12.9. The average Bonchev–Trinajstić information content (AvgIpc) is 3.01. The molecule has 0 unspecified atom stereocenters. The highest BCUT2D eigenvalue weighted by atomic mass is 35.5. The molecule has 0 atom stereocenters. The zero-order valence-corrected chi connectivity index (χ0v) is 14.1. The summed E-state index contributed by atoms with van der Waals surface area (Å²) < 4.78 is 0. The molecule has 1 N–H and O–H groups in total. The molecule has 1 saturated carbocycles. The molecule has 3 rings (SSSR count). The first-order valence-electron chi connectivity index (χ1n) is 8.08. The Kier molecular flexibility index (Phi) is 5.11. The Morgan fingerprint density at radius 3 is 2.62 bits per heavy atom. The molecule has 1 aromatic carbocycles. The molecule has 0 radical (unpaired) electrons. The van der Waals surface area contributed by atoms with E-state index in [1.165, 1.54) is 12.5 Å². The highest BCUT2D eigenvalue weighted by molar-refractivity contribution is 6.33. The van der Waals surface area contributed by atoms with Gasteiger partial charge in [-0.3, -0.25) is 4.79 Å². The molecule has 5 nitrogen and oxygen atoms in total. The van der Waals surface area contributed by atoms with Crippen LogP contribution in [0.3, 0.4) is 0 Å². The van der Waals surface area contributed by atoms with E-state index in [1.807, 2.05) is 30.3 Å². The molecule has 0 aliphatic heterocycles. The van der Waals surface area contributed by atoms with Gasteiger partial charge in [-0.05, 0) is 18.4 Å². The van der Waals surface area contributed by atoms with Gasteiger partial charge in [0.1, 0.15) is 12.0 Å². The second-order valence-electron chi connectivity index (χ2n) is 6.30. The van der Waals surface area contributed by atoms with Crippen LogP contribution in [0.15, 0.2) is 42.9 Å². The van der Waals surface area contributed by atoms with Gasteiger partial charge in [0.15, 0.2) is 0 Å². The van der Waals surface area contributed by atoms with E-state index >= 15 is 0 Å². The Labute approximate surface area is 146 Å². The topological polar surface area (TPSA) is 66.3 Å². The summed E-state index contributed by atoms with van der Waals surface area (Å²) in [6.07, 6.45) is 6.11. The lowest BCUT2D eigenvalue weighted by Crippen LogP contribution is -2.44. The molecule has 126 valence electrons. The highest BCUT2D eigenvalue weighted by Crippen LogP contribution is 2.31. The molecule has 1 aromatic heterocycles. The van der Waals surface area contributed by atoms with Gasteiger partial charge in [-0.25, -0.2) is 9.97 Å². The van der Waals surface area contributed by atoms with Crippen molar-refractivity contribution < 1.29 is 9.90 Å². The Hall–Kier alpha value is -1.98. The normalized spacial score (nSPS) is 16.1. The molecule has 1 aliphatic rings. The van der Waals surface area contributed by atoms with Crippen LogP contribution < -0.4 is 0 Å². The summed E-state index contributed by atoms with van der Waals surface area (Å²) in [5.74, 6) is -0.286. The SMILES string of the molecule is O=C(c1ncncc1Cl)N(Cc1ccccc1)CC1(O)CCCC1. The molecule has 1 aliphatic carbocycles. The van der Waals surface area contributed by atoms with E-state index in [0.29, 0.717) is 19.4 Å². The lowest BCUT2D eigenvalue weighted by Gasteiger charge is -2.31. The fraction of sp³-hybridized carbons (Fsp3) is 0.389. The van der Waals surface area contributed by atoms with E-state index in [9.17, 15) is 9.90 Å². The monoisotopic (exact) mass is 345 g/mol. The first kappa shape index (κ1) is 16.9. The minimum absolute atomic E-state index is 0.171. The summed E-state index contributed by atoms with van der Waals surface area (Å²) in [6.45, 7) is 0.684. The van der Waals surface area contributed by atoms with Crippen LogP contribution in [0.25, 0.3) is 0 Å². The minimum Gasteiger partial charge on any atom is -0.388 e. The molecule has 0 saturated heterocycles. The molecule has 2 aromatic rings.